The number of ether oxygens (including phenoxy) is 1. The lowest BCUT2D eigenvalue weighted by atomic mass is 10.2. The number of nitrogens with two attached hydrogens (primary N) is 1. The highest BCUT2D eigenvalue weighted by Gasteiger charge is 2.32. The van der Waals surface area contributed by atoms with Crippen LogP contribution in [-0.4, -0.2) is 47.4 Å². The van der Waals surface area contributed by atoms with E-state index in [1.807, 2.05) is 0 Å². The van der Waals surface area contributed by atoms with Crippen LogP contribution in [0, 0.1) is 12.7 Å². The lowest BCUT2D eigenvalue weighted by Gasteiger charge is -2.32. The van der Waals surface area contributed by atoms with Crippen LogP contribution in [0.4, 0.5) is 10.2 Å². The van der Waals surface area contributed by atoms with Crippen LogP contribution < -0.4 is 5.73 Å². The van der Waals surface area contributed by atoms with Crippen molar-refractivity contribution in [2.75, 3.05) is 25.4 Å². The minimum atomic E-state index is -3.78. The summed E-state index contributed by atoms with van der Waals surface area (Å²) >= 11 is 0. The lowest BCUT2D eigenvalue weighted by Crippen LogP contribution is -2.42. The van der Waals surface area contributed by atoms with E-state index in [9.17, 15) is 12.8 Å². The Morgan fingerprint density at radius 2 is 2.07 bits per heavy atom. The largest absolute Gasteiger partial charge is 0.383 e. The van der Waals surface area contributed by atoms with Crippen LogP contribution in [-0.2, 0) is 14.8 Å². The molecule has 2 N–H and O–H groups in total. The van der Waals surface area contributed by atoms with Crippen molar-refractivity contribution < 1.29 is 17.5 Å². The normalized spacial score (nSPS) is 18.4. The molecule has 4 rings (SSSR count). The number of benzene rings is 1. The van der Waals surface area contributed by atoms with Gasteiger partial charge in [-0.25, -0.2) is 27.8 Å². The molecular formula is C18H18FN5O3S. The lowest BCUT2D eigenvalue weighted by molar-refractivity contribution is -0.00478. The second kappa shape index (κ2) is 7.04. The molecule has 0 spiro atoms. The van der Waals surface area contributed by atoms with Gasteiger partial charge in [-0.3, -0.25) is 0 Å². The molecule has 0 saturated carbocycles. The van der Waals surface area contributed by atoms with Gasteiger partial charge in [-0.2, -0.15) is 4.31 Å². The third-order valence-electron chi connectivity index (χ3n) is 4.68. The molecule has 2 aromatic heterocycles. The van der Waals surface area contributed by atoms with E-state index in [1.54, 1.807) is 12.1 Å². The second-order valence-electron chi connectivity index (χ2n) is 6.50. The molecule has 0 amide bonds. The van der Waals surface area contributed by atoms with Crippen molar-refractivity contribution in [3.8, 4) is 0 Å². The van der Waals surface area contributed by atoms with E-state index in [2.05, 4.69) is 15.0 Å². The molecule has 3 heterocycles. The summed E-state index contributed by atoms with van der Waals surface area (Å²) in [7, 11) is -3.78. The molecule has 0 aliphatic carbocycles. The van der Waals surface area contributed by atoms with Crippen LogP contribution in [0.3, 0.4) is 0 Å². The fourth-order valence-electron chi connectivity index (χ4n) is 3.11. The summed E-state index contributed by atoms with van der Waals surface area (Å²) in [6.07, 6.45) is 0.773. The molecule has 1 aromatic carbocycles. The molecule has 1 aliphatic rings. The molecule has 146 valence electrons. The van der Waals surface area contributed by atoms with Crippen molar-refractivity contribution in [2.24, 2.45) is 0 Å². The van der Waals surface area contributed by atoms with Crippen molar-refractivity contribution in [3.63, 3.8) is 0 Å². The van der Waals surface area contributed by atoms with Crippen LogP contribution in [0.2, 0.25) is 0 Å². The van der Waals surface area contributed by atoms with E-state index >= 15 is 0 Å². The summed E-state index contributed by atoms with van der Waals surface area (Å²) in [5, 5.41) is 0.619. The van der Waals surface area contributed by atoms with Gasteiger partial charge in [-0.15, -0.1) is 0 Å². The number of hydrogen-bond donors (Lipinski definition) is 1. The van der Waals surface area contributed by atoms with Gasteiger partial charge >= 0.3 is 0 Å². The van der Waals surface area contributed by atoms with E-state index in [0.29, 0.717) is 22.5 Å². The summed E-state index contributed by atoms with van der Waals surface area (Å²) in [5.41, 5.74) is 7.07. The number of pyridine rings is 1. The third-order valence-corrected chi connectivity index (χ3v) is 6.54. The summed E-state index contributed by atoms with van der Waals surface area (Å²) in [5.74, 6) is -0.120. The average Bonchev–Trinajstić information content (AvgIpc) is 2.70. The molecule has 1 aliphatic heterocycles. The van der Waals surface area contributed by atoms with Crippen molar-refractivity contribution in [3.05, 3.63) is 53.7 Å². The fourth-order valence-corrected chi connectivity index (χ4v) is 4.62. The molecule has 1 atom stereocenters. The highest BCUT2D eigenvalue weighted by molar-refractivity contribution is 7.89. The SMILES string of the molecule is Cc1cc(S(=O)(=O)N2CCO[C@H](c3ccc4c(N)ncnc4n3)C2)ccc1F. The number of halogens is 1. The van der Waals surface area contributed by atoms with Crippen LogP contribution in [0.5, 0.6) is 0 Å². The third kappa shape index (κ3) is 3.30. The Balaban J connectivity index is 1.63. The van der Waals surface area contributed by atoms with Crippen LogP contribution in [0.25, 0.3) is 11.0 Å². The Kier molecular flexibility index (Phi) is 4.69. The number of rotatable bonds is 3. The van der Waals surface area contributed by atoms with E-state index < -0.39 is 21.9 Å². The van der Waals surface area contributed by atoms with Crippen LogP contribution in [0.1, 0.15) is 17.4 Å². The molecule has 8 nitrogen and oxygen atoms in total. The predicted molar refractivity (Wildman–Crippen MR) is 100 cm³/mol. The molecule has 0 unspecified atom stereocenters. The maximum absolute atomic E-state index is 13.5. The second-order valence-corrected chi connectivity index (χ2v) is 8.44. The number of morpholine rings is 1. The van der Waals surface area contributed by atoms with Crippen molar-refractivity contribution in [1.29, 1.82) is 0 Å². The van der Waals surface area contributed by atoms with E-state index in [0.717, 1.165) is 6.07 Å². The summed E-state index contributed by atoms with van der Waals surface area (Å²) < 4.78 is 46.5. The average molecular weight is 403 g/mol. The van der Waals surface area contributed by atoms with Gasteiger partial charge < -0.3 is 10.5 Å². The number of aromatic nitrogens is 3. The minimum Gasteiger partial charge on any atom is -0.383 e. The minimum absolute atomic E-state index is 0.0547. The number of sulfonamides is 1. The van der Waals surface area contributed by atoms with E-state index in [-0.39, 0.29) is 30.2 Å². The van der Waals surface area contributed by atoms with Crippen LogP contribution in [0.15, 0.2) is 41.6 Å². The highest BCUT2D eigenvalue weighted by Crippen LogP contribution is 2.27. The van der Waals surface area contributed by atoms with Crippen molar-refractivity contribution in [1.82, 2.24) is 19.3 Å². The van der Waals surface area contributed by atoms with Gasteiger partial charge in [0, 0.05) is 13.1 Å². The maximum Gasteiger partial charge on any atom is 0.243 e. The smallest absolute Gasteiger partial charge is 0.243 e. The number of aryl methyl sites for hydroxylation is 1. The number of fused-ring (bicyclic) bond motifs is 1. The van der Waals surface area contributed by atoms with E-state index in [1.165, 1.54) is 29.7 Å². The molecule has 0 bridgehead atoms. The Labute approximate surface area is 161 Å². The summed E-state index contributed by atoms with van der Waals surface area (Å²) in [6.45, 7) is 2.05. The molecule has 3 aromatic rings. The number of nitrogen functional groups attached to an aromatic ring is 1. The molecule has 0 radical (unpaired) electrons. The van der Waals surface area contributed by atoms with Crippen molar-refractivity contribution >= 4 is 26.9 Å². The molecular weight excluding hydrogens is 385 g/mol. The Morgan fingerprint density at radius 1 is 1.25 bits per heavy atom. The molecule has 1 fully saturated rings. The Bertz CT molecular complexity index is 1160. The van der Waals surface area contributed by atoms with E-state index in [4.69, 9.17) is 10.5 Å². The van der Waals surface area contributed by atoms with Gasteiger partial charge in [0.1, 0.15) is 24.1 Å². The van der Waals surface area contributed by atoms with Crippen LogP contribution >= 0.6 is 0 Å². The first-order valence-corrected chi connectivity index (χ1v) is 10.1. The van der Waals surface area contributed by atoms with Gasteiger partial charge in [0.25, 0.3) is 0 Å². The Hall–Kier alpha value is -2.69. The molecule has 1 saturated heterocycles. The van der Waals surface area contributed by atoms with Gasteiger partial charge in [0.2, 0.25) is 10.0 Å². The van der Waals surface area contributed by atoms with Gasteiger partial charge in [0.15, 0.2) is 5.65 Å². The topological polar surface area (TPSA) is 111 Å². The molecule has 10 heteroatoms. The zero-order valence-electron chi connectivity index (χ0n) is 15.0. The monoisotopic (exact) mass is 403 g/mol. The van der Waals surface area contributed by atoms with Gasteiger partial charge in [0.05, 0.1) is 22.6 Å². The quantitative estimate of drug-likeness (QED) is 0.710. The van der Waals surface area contributed by atoms with Gasteiger partial charge in [-0.05, 0) is 42.8 Å². The fraction of sp³-hybridized carbons (Fsp3) is 0.278. The van der Waals surface area contributed by atoms with Crippen molar-refractivity contribution in [2.45, 2.75) is 17.9 Å². The summed E-state index contributed by atoms with van der Waals surface area (Å²) in [4.78, 5) is 12.5. The zero-order valence-corrected chi connectivity index (χ0v) is 15.9. The maximum atomic E-state index is 13.5. The first kappa shape index (κ1) is 18.7. The Morgan fingerprint density at radius 3 is 2.86 bits per heavy atom. The predicted octanol–water partition coefficient (Wildman–Crippen LogP) is 1.82. The first-order valence-electron chi connectivity index (χ1n) is 8.61. The zero-order chi connectivity index (χ0) is 19.9. The summed E-state index contributed by atoms with van der Waals surface area (Å²) in [6, 6.07) is 7.24. The number of anilines is 1. The van der Waals surface area contributed by atoms with Gasteiger partial charge in [-0.1, -0.05) is 0 Å². The number of hydrogen-bond acceptors (Lipinski definition) is 7. The first-order chi connectivity index (χ1) is 13.4. The number of nitrogens with zero attached hydrogens (tertiary/aromatic N) is 4. The molecule has 28 heavy (non-hydrogen) atoms. The highest BCUT2D eigenvalue weighted by atomic mass is 32.2. The standard InChI is InChI=1S/C18H18FN5O3S/c1-11-8-12(2-4-14(11)19)28(25,26)24-6-7-27-16(9-24)15-5-3-13-17(20)21-10-22-18(13)23-15/h2-5,8,10,16H,6-7,9H2,1H3,(H2,20,21,22,23)/t16-/m0/s1.